The van der Waals surface area contributed by atoms with Crippen LogP contribution in [0.5, 0.6) is 0 Å². The Morgan fingerprint density at radius 3 is 1.70 bits per heavy atom. The van der Waals surface area contributed by atoms with E-state index in [1.54, 1.807) is 0 Å². The minimum Gasteiger partial charge on any atom is -0.456 e. The molecule has 0 spiro atoms. The molecule has 0 radical (unpaired) electrons. The van der Waals surface area contributed by atoms with Gasteiger partial charge in [-0.2, -0.15) is 0 Å². The van der Waals surface area contributed by atoms with Crippen LogP contribution >= 0.6 is 0 Å². The van der Waals surface area contributed by atoms with Gasteiger partial charge in [0.05, 0.1) is 0 Å². The van der Waals surface area contributed by atoms with Gasteiger partial charge in [-0.05, 0) is 117 Å². The van der Waals surface area contributed by atoms with Crippen molar-refractivity contribution in [2.75, 3.05) is 0 Å². The summed E-state index contributed by atoms with van der Waals surface area (Å²) in [6, 6.07) is 54.5. The molecule has 0 saturated heterocycles. The number of benzene rings is 9. The molecule has 1 heterocycles. The molecule has 0 saturated carbocycles. The Balaban J connectivity index is 1.07. The molecular formula is C52H36O. The molecule has 9 aromatic carbocycles. The van der Waals surface area contributed by atoms with E-state index in [0.29, 0.717) is 0 Å². The number of hydrogen-bond donors (Lipinski definition) is 0. The van der Waals surface area contributed by atoms with Gasteiger partial charge in [-0.25, -0.2) is 0 Å². The zero-order valence-electron chi connectivity index (χ0n) is 30.3. The molecule has 1 aromatic heterocycles. The number of furan rings is 1. The van der Waals surface area contributed by atoms with Crippen LogP contribution in [0, 0.1) is 0 Å². The standard InChI is InChI=1S/C52H36O/c1-51(2)42-13-7-5-10-34(42)38-25-26-39-41-28-31(20-27-43(41)52(3,4)50(39)49(38)51)32-21-16-29-19-24-37-33(22-17-30-18-23-36(32)46(29)47(30)37)35-12-9-15-45-48(35)40-11-6-8-14-44(40)53-45/h5-28H,1-4H3. The highest BCUT2D eigenvalue weighted by molar-refractivity contribution is 6.28. The molecule has 10 aromatic rings. The molecule has 0 unspecified atom stereocenters. The normalized spacial score (nSPS) is 15.1. The average Bonchev–Trinajstić information content (AvgIpc) is 3.76. The van der Waals surface area contributed by atoms with Crippen molar-refractivity contribution in [3.8, 4) is 44.5 Å². The van der Waals surface area contributed by atoms with E-state index in [1.807, 2.05) is 6.07 Å². The molecule has 1 heteroatoms. The molecule has 2 aliphatic carbocycles. The van der Waals surface area contributed by atoms with Crippen LogP contribution in [-0.4, -0.2) is 0 Å². The van der Waals surface area contributed by atoms with E-state index in [1.165, 1.54) is 104 Å². The second kappa shape index (κ2) is 9.82. The van der Waals surface area contributed by atoms with Crippen molar-refractivity contribution in [2.45, 2.75) is 38.5 Å². The van der Waals surface area contributed by atoms with Gasteiger partial charge in [0.1, 0.15) is 11.2 Å². The van der Waals surface area contributed by atoms with Gasteiger partial charge in [-0.3, -0.25) is 0 Å². The van der Waals surface area contributed by atoms with Crippen LogP contribution in [0.25, 0.3) is 98.8 Å². The van der Waals surface area contributed by atoms with Crippen molar-refractivity contribution in [3.05, 3.63) is 168 Å². The molecule has 12 rings (SSSR count). The first-order chi connectivity index (χ1) is 25.8. The quantitative estimate of drug-likeness (QED) is 0.166. The number of hydrogen-bond acceptors (Lipinski definition) is 1. The van der Waals surface area contributed by atoms with Gasteiger partial charge in [-0.15, -0.1) is 0 Å². The zero-order valence-corrected chi connectivity index (χ0v) is 30.3. The molecule has 0 amide bonds. The summed E-state index contributed by atoms with van der Waals surface area (Å²) in [5, 5.41) is 10.1. The Labute approximate surface area is 308 Å². The summed E-state index contributed by atoms with van der Waals surface area (Å²) >= 11 is 0. The van der Waals surface area contributed by atoms with Crippen molar-refractivity contribution in [1.29, 1.82) is 0 Å². The van der Waals surface area contributed by atoms with Gasteiger partial charge in [0.15, 0.2) is 0 Å². The largest absolute Gasteiger partial charge is 0.456 e. The third-order valence-electron chi connectivity index (χ3n) is 13.0. The van der Waals surface area contributed by atoms with Crippen LogP contribution in [0.2, 0.25) is 0 Å². The third kappa shape index (κ3) is 3.62. The first-order valence-corrected chi connectivity index (χ1v) is 18.8. The Bertz CT molecular complexity index is 3220. The lowest BCUT2D eigenvalue weighted by Gasteiger charge is -2.30. The summed E-state index contributed by atoms with van der Waals surface area (Å²) in [5.74, 6) is 0. The van der Waals surface area contributed by atoms with Crippen molar-refractivity contribution in [1.82, 2.24) is 0 Å². The first kappa shape index (κ1) is 29.4. The Morgan fingerprint density at radius 2 is 0.925 bits per heavy atom. The van der Waals surface area contributed by atoms with Gasteiger partial charge in [0.2, 0.25) is 0 Å². The summed E-state index contributed by atoms with van der Waals surface area (Å²) in [4.78, 5) is 0. The highest BCUT2D eigenvalue weighted by Crippen LogP contribution is 2.59. The average molecular weight is 677 g/mol. The maximum atomic E-state index is 6.32. The molecule has 0 atom stereocenters. The number of para-hydroxylation sites is 1. The second-order valence-corrected chi connectivity index (χ2v) is 16.4. The topological polar surface area (TPSA) is 13.1 Å². The third-order valence-corrected chi connectivity index (χ3v) is 13.0. The van der Waals surface area contributed by atoms with E-state index >= 15 is 0 Å². The van der Waals surface area contributed by atoms with Crippen LogP contribution < -0.4 is 0 Å². The molecule has 0 aliphatic heterocycles. The Kier molecular flexibility index (Phi) is 5.45. The van der Waals surface area contributed by atoms with Crippen LogP contribution in [-0.2, 0) is 10.8 Å². The molecular weight excluding hydrogens is 641 g/mol. The lowest BCUT2D eigenvalue weighted by molar-refractivity contribution is 0.601. The van der Waals surface area contributed by atoms with E-state index in [4.69, 9.17) is 4.42 Å². The molecule has 250 valence electrons. The van der Waals surface area contributed by atoms with E-state index in [0.717, 1.165) is 16.6 Å². The predicted molar refractivity (Wildman–Crippen MR) is 223 cm³/mol. The van der Waals surface area contributed by atoms with Crippen LogP contribution in [0.4, 0.5) is 0 Å². The monoisotopic (exact) mass is 676 g/mol. The number of fused-ring (bicyclic) bond motifs is 10. The van der Waals surface area contributed by atoms with Crippen LogP contribution in [0.1, 0.15) is 49.9 Å². The van der Waals surface area contributed by atoms with E-state index < -0.39 is 0 Å². The number of rotatable bonds is 2. The summed E-state index contributed by atoms with van der Waals surface area (Å²) in [7, 11) is 0. The minimum atomic E-state index is -0.101. The molecule has 1 nitrogen and oxygen atoms in total. The maximum absolute atomic E-state index is 6.32. The van der Waals surface area contributed by atoms with Gasteiger partial charge < -0.3 is 4.42 Å². The Morgan fingerprint density at radius 1 is 0.358 bits per heavy atom. The minimum absolute atomic E-state index is 0.0550. The smallest absolute Gasteiger partial charge is 0.136 e. The lowest BCUT2D eigenvalue weighted by Crippen LogP contribution is -2.24. The summed E-state index contributed by atoms with van der Waals surface area (Å²) in [6.07, 6.45) is 0. The van der Waals surface area contributed by atoms with Crippen LogP contribution in [0.3, 0.4) is 0 Å². The van der Waals surface area contributed by atoms with Gasteiger partial charge >= 0.3 is 0 Å². The summed E-state index contributed by atoms with van der Waals surface area (Å²) in [5.41, 5.74) is 18.1. The highest BCUT2D eigenvalue weighted by atomic mass is 16.3. The van der Waals surface area contributed by atoms with Gasteiger partial charge in [-0.1, -0.05) is 155 Å². The van der Waals surface area contributed by atoms with Crippen molar-refractivity contribution in [3.63, 3.8) is 0 Å². The van der Waals surface area contributed by atoms with E-state index in [-0.39, 0.29) is 10.8 Å². The van der Waals surface area contributed by atoms with Crippen LogP contribution in [0.15, 0.2) is 150 Å². The predicted octanol–water partition coefficient (Wildman–Crippen LogP) is 14.4. The fraction of sp³-hybridized carbons (Fsp3) is 0.115. The lowest BCUT2D eigenvalue weighted by atomic mass is 9.72. The molecule has 0 bridgehead atoms. The summed E-state index contributed by atoms with van der Waals surface area (Å²) in [6.45, 7) is 9.68. The Hall–Kier alpha value is -6.18. The van der Waals surface area contributed by atoms with Crippen molar-refractivity contribution < 1.29 is 4.42 Å². The van der Waals surface area contributed by atoms with E-state index in [2.05, 4.69) is 167 Å². The SMILES string of the molecule is CC1(C)c2ccccc2-c2ccc3c(c21)C(C)(C)c1ccc(-c2ccc4ccc5c(-c6cccc7oc8ccccc8c67)ccc6ccc2c4c65)cc1-3. The molecule has 53 heavy (non-hydrogen) atoms. The van der Waals surface area contributed by atoms with Gasteiger partial charge in [0, 0.05) is 21.6 Å². The fourth-order valence-corrected chi connectivity index (χ4v) is 10.6. The molecule has 0 fully saturated rings. The molecule has 0 N–H and O–H groups in total. The molecule has 2 aliphatic rings. The zero-order chi connectivity index (χ0) is 35.4. The fourth-order valence-electron chi connectivity index (χ4n) is 10.6. The second-order valence-electron chi connectivity index (χ2n) is 16.4. The maximum Gasteiger partial charge on any atom is 0.136 e. The van der Waals surface area contributed by atoms with Crippen molar-refractivity contribution in [2.24, 2.45) is 0 Å². The van der Waals surface area contributed by atoms with Gasteiger partial charge in [0.25, 0.3) is 0 Å². The van der Waals surface area contributed by atoms with E-state index in [9.17, 15) is 0 Å². The summed E-state index contributed by atoms with van der Waals surface area (Å²) < 4.78 is 6.32. The first-order valence-electron chi connectivity index (χ1n) is 18.8. The highest BCUT2D eigenvalue weighted by Gasteiger charge is 2.45. The van der Waals surface area contributed by atoms with Crippen molar-refractivity contribution >= 4 is 54.3 Å².